The number of aromatic nitrogens is 3. The van der Waals surface area contributed by atoms with Crippen molar-refractivity contribution in [2.24, 2.45) is 0 Å². The fourth-order valence-corrected chi connectivity index (χ4v) is 4.44. The Bertz CT molecular complexity index is 1550. The molecule has 2 aromatic heterocycles. The van der Waals surface area contributed by atoms with Crippen LogP contribution >= 0.6 is 53.5 Å². The summed E-state index contributed by atoms with van der Waals surface area (Å²) in [4.78, 5) is 31.7. The van der Waals surface area contributed by atoms with E-state index >= 15 is 0 Å². The molecule has 2 aromatic carbocycles. The maximum absolute atomic E-state index is 13.4. The number of anilines is 2. The number of amides is 1. The van der Waals surface area contributed by atoms with Crippen molar-refractivity contribution in [3.8, 4) is 11.2 Å². The number of carbonyl (C=O) groups excluding carboxylic acids is 2. The molecule has 4 rings (SSSR count). The first kappa shape index (κ1) is 30.4. The van der Waals surface area contributed by atoms with Crippen LogP contribution in [0.1, 0.15) is 38.8 Å². The number of likely N-dealkylation sites (N-methyl/N-ethyl adjacent to an activating group) is 1. The molecule has 4 aromatic rings. The summed E-state index contributed by atoms with van der Waals surface area (Å²) >= 11 is 8.53. The Morgan fingerprint density at radius 2 is 1.95 bits per heavy atom. The van der Waals surface area contributed by atoms with Crippen LogP contribution in [0.15, 0.2) is 72.7 Å². The Labute approximate surface area is 253 Å². The number of nitrogens with two attached hydrogens (primary N) is 1. The second-order valence-electron chi connectivity index (χ2n) is 8.04. The maximum Gasteiger partial charge on any atom is 0.259 e. The van der Waals surface area contributed by atoms with E-state index in [1.165, 1.54) is 13.4 Å². The van der Waals surface area contributed by atoms with E-state index in [4.69, 9.17) is 5.73 Å². The van der Waals surface area contributed by atoms with Crippen LogP contribution in [0.3, 0.4) is 0 Å². The number of halogens is 1. The molecule has 0 unspecified atom stereocenters. The van der Waals surface area contributed by atoms with Crippen LogP contribution in [0.5, 0.6) is 0 Å². The summed E-state index contributed by atoms with van der Waals surface area (Å²) in [6.45, 7) is 1.87. The minimum absolute atomic E-state index is 0.0907. The van der Waals surface area contributed by atoms with E-state index in [0.29, 0.717) is 22.3 Å². The van der Waals surface area contributed by atoms with Gasteiger partial charge < -0.3 is 16.0 Å². The van der Waals surface area contributed by atoms with Gasteiger partial charge in [-0.2, -0.15) is 0 Å². The summed E-state index contributed by atoms with van der Waals surface area (Å²) in [6.07, 6.45) is 5.96. The average molecular weight is 689 g/mol. The summed E-state index contributed by atoms with van der Waals surface area (Å²) in [7, 11) is 3.26. The van der Waals surface area contributed by atoms with Crippen molar-refractivity contribution in [1.29, 1.82) is 0 Å². The molecule has 0 fully saturated rings. The number of fused-ring (bicyclic) bond motifs is 1. The Balaban J connectivity index is 0.00000205. The van der Waals surface area contributed by atoms with Crippen molar-refractivity contribution >= 4 is 88.9 Å². The fourth-order valence-electron chi connectivity index (χ4n) is 3.96. The lowest BCUT2D eigenvalue weighted by molar-refractivity contribution is 0.0947. The van der Waals surface area contributed by atoms with Crippen LogP contribution in [0.2, 0.25) is 0 Å². The van der Waals surface area contributed by atoms with Crippen molar-refractivity contribution in [3.05, 3.63) is 94.9 Å². The van der Waals surface area contributed by atoms with Crippen LogP contribution in [0.4, 0.5) is 11.5 Å². The van der Waals surface area contributed by atoms with Crippen LogP contribution in [0.25, 0.3) is 11.7 Å². The number of nitrogen functional groups attached to an aromatic ring is 1. The molecule has 200 valence electrons. The summed E-state index contributed by atoms with van der Waals surface area (Å²) in [5, 5.41) is 10.1. The molecule has 12 heteroatoms. The van der Waals surface area contributed by atoms with Crippen LogP contribution < -0.4 is 16.0 Å². The Morgan fingerprint density at radius 3 is 2.64 bits per heavy atom. The van der Waals surface area contributed by atoms with Gasteiger partial charge in [0.05, 0.1) is 6.04 Å². The second-order valence-corrected chi connectivity index (χ2v) is 9.72. The largest absolute Gasteiger partial charge is 0.381 e. The lowest BCUT2D eigenvalue weighted by atomic mass is 10.00. The smallest absolute Gasteiger partial charge is 0.259 e. The van der Waals surface area contributed by atoms with Crippen molar-refractivity contribution in [3.63, 3.8) is 0 Å². The Hall–Kier alpha value is -3.12. The molecule has 3 N–H and O–H groups in total. The first-order valence-corrected chi connectivity index (χ1v) is 16.4. The summed E-state index contributed by atoms with van der Waals surface area (Å²) in [5.74, 6) is 2.71. The first-order chi connectivity index (χ1) is 18.9. The molecule has 0 saturated carbocycles. The molecule has 0 bridgehead atoms. The van der Waals surface area contributed by atoms with E-state index in [0.717, 1.165) is 17.7 Å². The third-order valence-corrected chi connectivity index (χ3v) is 6.60. The van der Waals surface area contributed by atoms with Crippen LogP contribution in [-0.4, -0.2) is 39.9 Å². The standard InChI is InChI=1S/C27H23IN6O2S.H2S2/c1-18(31-27(36)24-25(29)32-34-14-7-13-30-26(24)34)23(33(2)21-10-4-3-5-11-21)16-20-9-6-8-19(12-15-37-28)22(20)17-35;1-2/h3-11,13-14,16-18H,1-2H3,(H2,29,32)(H,31,36);1-2H/b23-16-;/t18-;/m0./s1. The number of benzene rings is 2. The van der Waals surface area contributed by atoms with E-state index in [1.807, 2.05) is 73.5 Å². The second kappa shape index (κ2) is 14.9. The lowest BCUT2D eigenvalue weighted by Crippen LogP contribution is -2.39. The molecule has 2 heterocycles. The molecular weight excluding hydrogens is 663 g/mol. The molecule has 0 radical (unpaired) electrons. The molecule has 39 heavy (non-hydrogen) atoms. The minimum atomic E-state index is -0.477. The monoisotopic (exact) mass is 688 g/mol. The molecule has 1 amide bonds. The van der Waals surface area contributed by atoms with Crippen molar-refractivity contribution in [2.45, 2.75) is 13.0 Å². The number of hydrogen-bond donors (Lipinski definition) is 4. The highest BCUT2D eigenvalue weighted by molar-refractivity contribution is 14.2. The van der Waals surface area contributed by atoms with Crippen molar-refractivity contribution < 1.29 is 9.59 Å². The number of aldehydes is 1. The topological polar surface area (TPSA) is 106 Å². The zero-order valence-electron chi connectivity index (χ0n) is 20.9. The van der Waals surface area contributed by atoms with Gasteiger partial charge in [0.15, 0.2) is 17.8 Å². The predicted molar refractivity (Wildman–Crippen MR) is 175 cm³/mol. The normalized spacial score (nSPS) is 11.5. The van der Waals surface area contributed by atoms with Gasteiger partial charge in [0.2, 0.25) is 0 Å². The molecule has 8 nitrogen and oxygen atoms in total. The quantitative estimate of drug-likeness (QED) is 0.0662. The highest BCUT2D eigenvalue weighted by Crippen LogP contribution is 2.25. The van der Waals surface area contributed by atoms with E-state index in [9.17, 15) is 9.59 Å². The van der Waals surface area contributed by atoms with E-state index in [-0.39, 0.29) is 11.4 Å². The predicted octanol–water partition coefficient (Wildman–Crippen LogP) is 5.57. The van der Waals surface area contributed by atoms with Gasteiger partial charge in [-0.15, -0.1) is 28.4 Å². The van der Waals surface area contributed by atoms with E-state index < -0.39 is 11.9 Å². The summed E-state index contributed by atoms with van der Waals surface area (Å²) in [6, 6.07) is 16.5. The minimum Gasteiger partial charge on any atom is -0.381 e. The van der Waals surface area contributed by atoms with E-state index in [2.05, 4.69) is 71.1 Å². The number of rotatable bonds is 7. The molecular formula is C27H25IN6O2S3. The van der Waals surface area contributed by atoms with Crippen molar-refractivity contribution in [1.82, 2.24) is 19.9 Å². The maximum atomic E-state index is 13.4. The van der Waals surface area contributed by atoms with Gasteiger partial charge in [0.25, 0.3) is 5.91 Å². The molecule has 0 saturated heterocycles. The van der Waals surface area contributed by atoms with Gasteiger partial charge in [-0.1, -0.05) is 36.3 Å². The highest BCUT2D eigenvalue weighted by atomic mass is 127. The first-order valence-electron chi connectivity index (χ1n) is 11.4. The number of para-hydroxylation sites is 1. The lowest BCUT2D eigenvalue weighted by Gasteiger charge is -2.28. The van der Waals surface area contributed by atoms with Crippen LogP contribution in [-0.2, 0) is 0 Å². The number of carbonyl (C=O) groups is 2. The number of hydrogen-bond acceptors (Lipinski definition) is 9. The molecule has 0 aliphatic carbocycles. The molecule has 0 aliphatic heterocycles. The zero-order valence-corrected chi connectivity index (χ0v) is 25.7. The Kier molecular flexibility index (Phi) is 11.6. The number of thiol groups is 2. The third-order valence-electron chi connectivity index (χ3n) is 5.76. The van der Waals surface area contributed by atoms with Gasteiger partial charge in [-0.3, -0.25) is 9.59 Å². The van der Waals surface area contributed by atoms with E-state index in [1.54, 1.807) is 18.5 Å². The Morgan fingerprint density at radius 1 is 1.21 bits per heavy atom. The van der Waals surface area contributed by atoms with Gasteiger partial charge in [0, 0.05) is 63.2 Å². The molecule has 0 aliphatic rings. The van der Waals surface area contributed by atoms with Gasteiger partial charge in [-0.05, 0) is 57.0 Å². The average Bonchev–Trinajstić information content (AvgIpc) is 3.31. The highest BCUT2D eigenvalue weighted by Gasteiger charge is 2.24. The van der Waals surface area contributed by atoms with Crippen LogP contribution in [0, 0.1) is 11.2 Å². The van der Waals surface area contributed by atoms with Gasteiger partial charge in [-0.25, -0.2) is 9.50 Å². The SMILES string of the molecule is C[C@H](NC(=O)c1c(N)nn2cccnc12)/C(=C/c1cccc(C#CSI)c1C=O)N(C)c1ccccc1.SS. The van der Waals surface area contributed by atoms with Gasteiger partial charge >= 0.3 is 0 Å². The zero-order chi connectivity index (χ0) is 28.4. The number of nitrogens with one attached hydrogen (secondary N) is 1. The van der Waals surface area contributed by atoms with Gasteiger partial charge in [0.1, 0.15) is 5.56 Å². The molecule has 1 atom stereocenters. The summed E-state index contributed by atoms with van der Waals surface area (Å²) in [5.41, 5.74) is 10.1. The number of nitrogens with zero attached hydrogens (tertiary/aromatic N) is 4. The third kappa shape index (κ3) is 7.30. The molecule has 0 spiro atoms. The summed E-state index contributed by atoms with van der Waals surface area (Å²) < 4.78 is 1.47. The van der Waals surface area contributed by atoms with Crippen molar-refractivity contribution in [2.75, 3.05) is 17.7 Å². The fraction of sp³-hybridized carbons (Fsp3) is 0.111.